The molecule has 1 saturated carbocycles. The van der Waals surface area contributed by atoms with Gasteiger partial charge in [0, 0.05) is 24.5 Å². The lowest BCUT2D eigenvalue weighted by Crippen LogP contribution is -2.40. The van der Waals surface area contributed by atoms with E-state index in [-0.39, 0.29) is 29.1 Å². The molecule has 4 N–H and O–H groups in total. The monoisotopic (exact) mass is 489 g/mol. The maximum Gasteiger partial charge on any atom is 0.434 e. The van der Waals surface area contributed by atoms with Crippen LogP contribution in [-0.2, 0) is 12.7 Å². The van der Waals surface area contributed by atoms with Gasteiger partial charge in [0.2, 0.25) is 0 Å². The average molecular weight is 489 g/mol. The van der Waals surface area contributed by atoms with Crippen LogP contribution in [0.15, 0.2) is 30.6 Å². The summed E-state index contributed by atoms with van der Waals surface area (Å²) in [5.41, 5.74) is 4.66. The highest BCUT2D eigenvalue weighted by molar-refractivity contribution is 5.98. The van der Waals surface area contributed by atoms with Gasteiger partial charge < -0.3 is 16.4 Å². The molecule has 0 unspecified atom stereocenters. The fraction of sp³-hybridized carbons (Fsp3) is 0.450. The zero-order chi connectivity index (χ0) is 24.7. The van der Waals surface area contributed by atoms with Crippen molar-refractivity contribution in [2.24, 2.45) is 0 Å². The van der Waals surface area contributed by atoms with Gasteiger partial charge in [-0.2, -0.15) is 31.4 Å². The van der Waals surface area contributed by atoms with Crippen molar-refractivity contribution < 1.29 is 31.1 Å². The number of halogens is 6. The van der Waals surface area contributed by atoms with Gasteiger partial charge in [0.1, 0.15) is 23.6 Å². The van der Waals surface area contributed by atoms with Gasteiger partial charge in [-0.15, -0.1) is 0 Å². The summed E-state index contributed by atoms with van der Waals surface area (Å²) in [4.78, 5) is 16.1. The minimum Gasteiger partial charge on any atom is -0.382 e. The molecule has 34 heavy (non-hydrogen) atoms. The van der Waals surface area contributed by atoms with E-state index in [4.69, 9.17) is 5.73 Å². The Bertz CT molecular complexity index is 1170. The number of hydrogen-bond donors (Lipinski definition) is 3. The highest BCUT2D eigenvalue weighted by atomic mass is 19.4. The average Bonchev–Trinajstić information content (AvgIpc) is 3.32. The molecule has 0 aliphatic heterocycles. The van der Waals surface area contributed by atoms with Gasteiger partial charge in [0.15, 0.2) is 11.5 Å². The Kier molecular flexibility index (Phi) is 6.08. The molecule has 3 heterocycles. The largest absolute Gasteiger partial charge is 0.434 e. The van der Waals surface area contributed by atoms with Crippen molar-refractivity contribution in [2.45, 2.75) is 56.7 Å². The predicted octanol–water partition coefficient (Wildman–Crippen LogP) is 3.85. The van der Waals surface area contributed by atoms with Gasteiger partial charge in [-0.05, 0) is 37.8 Å². The van der Waals surface area contributed by atoms with Crippen molar-refractivity contribution in [2.75, 3.05) is 11.1 Å². The van der Waals surface area contributed by atoms with Crippen molar-refractivity contribution in [1.82, 2.24) is 24.5 Å². The van der Waals surface area contributed by atoms with E-state index in [2.05, 4.69) is 20.7 Å². The van der Waals surface area contributed by atoms with Crippen LogP contribution in [0.3, 0.4) is 0 Å². The zero-order valence-corrected chi connectivity index (χ0v) is 17.6. The normalized spacial score (nSPS) is 19.4. The summed E-state index contributed by atoms with van der Waals surface area (Å²) in [5.74, 6) is -0.424. The second kappa shape index (κ2) is 8.72. The summed E-state index contributed by atoms with van der Waals surface area (Å²) in [7, 11) is 0. The fourth-order valence-corrected chi connectivity index (χ4v) is 4.00. The standard InChI is InChI=1S/C20H21F6N7O/c21-19(22,23)10-32-8-13(17(27)31-32)18(34)29-12-6-4-11(5-7-12)28-15-2-1-3-16-30-14(9-33(15)16)20(24,25)26/h1-3,8-9,11-12,28H,4-7,10H2,(H2,27,31)(H,29,34)/t11-,12+. The molecule has 0 bridgehead atoms. The van der Waals surface area contributed by atoms with E-state index >= 15 is 0 Å². The number of amides is 1. The SMILES string of the molecule is Nc1nn(CC(F)(F)F)cc1C(=O)N[C@H]1CC[C@@H](Nc2cccc3nc(C(F)(F)F)cn23)CC1. The first kappa shape index (κ1) is 23.7. The molecule has 8 nitrogen and oxygen atoms in total. The minimum atomic E-state index is -4.55. The summed E-state index contributed by atoms with van der Waals surface area (Å²) >= 11 is 0. The Morgan fingerprint density at radius 1 is 1.06 bits per heavy atom. The zero-order valence-electron chi connectivity index (χ0n) is 17.6. The Labute approximate surface area is 189 Å². The molecule has 3 aromatic rings. The van der Waals surface area contributed by atoms with Crippen molar-refractivity contribution in [3.05, 3.63) is 41.9 Å². The molecule has 1 fully saturated rings. The van der Waals surface area contributed by atoms with Crippen LogP contribution in [0.25, 0.3) is 5.65 Å². The molecule has 0 radical (unpaired) electrons. The van der Waals surface area contributed by atoms with Gasteiger partial charge >= 0.3 is 12.4 Å². The predicted molar refractivity (Wildman–Crippen MR) is 110 cm³/mol. The second-order valence-electron chi connectivity index (χ2n) is 8.17. The van der Waals surface area contributed by atoms with E-state index in [0.717, 1.165) is 12.4 Å². The number of carbonyl (C=O) groups is 1. The summed E-state index contributed by atoms with van der Waals surface area (Å²) in [5, 5.41) is 9.53. The number of rotatable bonds is 5. The number of nitrogens with one attached hydrogen (secondary N) is 2. The third-order valence-corrected chi connectivity index (χ3v) is 5.57. The van der Waals surface area contributed by atoms with Crippen molar-refractivity contribution >= 4 is 23.2 Å². The molecule has 0 atom stereocenters. The van der Waals surface area contributed by atoms with E-state index in [9.17, 15) is 31.1 Å². The third-order valence-electron chi connectivity index (χ3n) is 5.57. The topological polar surface area (TPSA) is 102 Å². The van der Waals surface area contributed by atoms with Crippen molar-refractivity contribution in [1.29, 1.82) is 0 Å². The highest BCUT2D eigenvalue weighted by Crippen LogP contribution is 2.30. The Hall–Kier alpha value is -3.45. The lowest BCUT2D eigenvalue weighted by Gasteiger charge is -2.30. The van der Waals surface area contributed by atoms with Crippen molar-refractivity contribution in [3.63, 3.8) is 0 Å². The van der Waals surface area contributed by atoms with Crippen LogP contribution in [-0.4, -0.2) is 43.3 Å². The van der Waals surface area contributed by atoms with Crippen LogP contribution in [0.4, 0.5) is 38.0 Å². The van der Waals surface area contributed by atoms with Gasteiger partial charge in [0.05, 0.1) is 0 Å². The number of aromatic nitrogens is 4. The smallest absolute Gasteiger partial charge is 0.382 e. The van der Waals surface area contributed by atoms with Crippen LogP contribution in [0.5, 0.6) is 0 Å². The molecule has 1 amide bonds. The summed E-state index contributed by atoms with van der Waals surface area (Å²) in [6.07, 6.45) is -4.78. The molecule has 14 heteroatoms. The fourth-order valence-electron chi connectivity index (χ4n) is 4.00. The van der Waals surface area contributed by atoms with Crippen LogP contribution in [0.1, 0.15) is 41.7 Å². The van der Waals surface area contributed by atoms with Crippen LogP contribution in [0, 0.1) is 0 Å². The number of fused-ring (bicyclic) bond motifs is 1. The molecular weight excluding hydrogens is 468 g/mol. The molecule has 1 aliphatic rings. The maximum atomic E-state index is 13.0. The molecule has 1 aliphatic carbocycles. The number of hydrogen-bond acceptors (Lipinski definition) is 5. The van der Waals surface area contributed by atoms with Gasteiger partial charge in [-0.3, -0.25) is 13.9 Å². The Balaban J connectivity index is 1.35. The van der Waals surface area contributed by atoms with E-state index in [1.807, 2.05) is 0 Å². The molecule has 4 rings (SSSR count). The Morgan fingerprint density at radius 3 is 2.38 bits per heavy atom. The van der Waals surface area contributed by atoms with E-state index in [1.165, 1.54) is 10.5 Å². The molecule has 0 spiro atoms. The number of nitrogens with two attached hydrogens (primary N) is 1. The molecular formula is C20H21F6N7O. The van der Waals surface area contributed by atoms with E-state index in [1.54, 1.807) is 12.1 Å². The minimum absolute atomic E-state index is 0.0462. The number of pyridine rings is 1. The quantitative estimate of drug-likeness (QED) is 0.473. The molecule has 184 valence electrons. The number of nitrogens with zero attached hydrogens (tertiary/aromatic N) is 4. The number of anilines is 2. The van der Waals surface area contributed by atoms with Crippen LogP contribution >= 0.6 is 0 Å². The number of alkyl halides is 6. The third kappa shape index (κ3) is 5.37. The summed E-state index contributed by atoms with van der Waals surface area (Å²) in [6.45, 7) is -1.35. The highest BCUT2D eigenvalue weighted by Gasteiger charge is 2.34. The van der Waals surface area contributed by atoms with Gasteiger partial charge in [-0.1, -0.05) is 6.07 Å². The van der Waals surface area contributed by atoms with Crippen molar-refractivity contribution in [3.8, 4) is 0 Å². The summed E-state index contributed by atoms with van der Waals surface area (Å²) < 4.78 is 78.5. The number of carbonyl (C=O) groups excluding carboxylic acids is 1. The second-order valence-corrected chi connectivity index (χ2v) is 8.17. The number of nitrogen functional groups attached to an aromatic ring is 1. The maximum absolute atomic E-state index is 13.0. The molecule has 0 aromatic carbocycles. The Morgan fingerprint density at radius 2 is 1.74 bits per heavy atom. The lowest BCUT2D eigenvalue weighted by atomic mass is 9.91. The first-order chi connectivity index (χ1) is 15.9. The van der Waals surface area contributed by atoms with Crippen LogP contribution < -0.4 is 16.4 Å². The first-order valence-electron chi connectivity index (χ1n) is 10.4. The summed E-state index contributed by atoms with van der Waals surface area (Å²) in [6, 6.07) is 4.48. The first-order valence-corrected chi connectivity index (χ1v) is 10.4. The van der Waals surface area contributed by atoms with E-state index < -0.39 is 30.5 Å². The van der Waals surface area contributed by atoms with Gasteiger partial charge in [0.25, 0.3) is 5.91 Å². The van der Waals surface area contributed by atoms with Gasteiger partial charge in [-0.25, -0.2) is 4.98 Å². The van der Waals surface area contributed by atoms with Crippen LogP contribution in [0.2, 0.25) is 0 Å². The van der Waals surface area contributed by atoms with E-state index in [0.29, 0.717) is 36.2 Å². The number of imidazole rings is 1. The molecule has 0 saturated heterocycles. The lowest BCUT2D eigenvalue weighted by molar-refractivity contribution is -0.142. The molecule has 3 aromatic heterocycles.